The first-order valence-electron chi connectivity index (χ1n) is 5.83. The van der Waals surface area contributed by atoms with Gasteiger partial charge in [-0.15, -0.1) is 0 Å². The van der Waals surface area contributed by atoms with E-state index in [1.165, 1.54) is 12.1 Å². The Hall–Kier alpha value is -2.98. The van der Waals surface area contributed by atoms with E-state index in [1.807, 2.05) is 11.5 Å². The second kappa shape index (κ2) is 5.98. The minimum Gasteiger partial charge on any atom is -0.321 e. The highest BCUT2D eigenvalue weighted by atomic mass is 19.1. The Bertz CT molecular complexity index is 717. The molecule has 0 spiro atoms. The fourth-order valence-electron chi connectivity index (χ4n) is 1.73. The van der Waals surface area contributed by atoms with E-state index in [0.29, 0.717) is 0 Å². The van der Waals surface area contributed by atoms with Crippen LogP contribution in [0.2, 0.25) is 0 Å². The summed E-state index contributed by atoms with van der Waals surface area (Å²) in [6, 6.07) is 9.89. The lowest BCUT2D eigenvalue weighted by molar-refractivity contribution is 0.102. The van der Waals surface area contributed by atoms with Crippen LogP contribution in [0.5, 0.6) is 0 Å². The van der Waals surface area contributed by atoms with E-state index in [0.717, 1.165) is 12.1 Å². The molecule has 0 aliphatic carbocycles. The molecular formula is C14H10F2N4O. The number of hydrogen-bond donors (Lipinski definition) is 3. The summed E-state index contributed by atoms with van der Waals surface area (Å²) in [7, 11) is 0. The van der Waals surface area contributed by atoms with Gasteiger partial charge in [0.2, 0.25) is 0 Å². The molecule has 7 heteroatoms. The molecule has 0 bridgehead atoms. The van der Waals surface area contributed by atoms with Gasteiger partial charge in [-0.05, 0) is 24.3 Å². The molecular weight excluding hydrogens is 278 g/mol. The van der Waals surface area contributed by atoms with Crippen molar-refractivity contribution >= 4 is 17.3 Å². The average molecular weight is 288 g/mol. The number of carbonyl (C=O) groups is 1. The molecule has 0 aliphatic heterocycles. The van der Waals surface area contributed by atoms with Crippen molar-refractivity contribution in [3.63, 3.8) is 0 Å². The monoisotopic (exact) mass is 288 g/mol. The third-order valence-electron chi connectivity index (χ3n) is 2.74. The number of hydrazine groups is 1. The minimum absolute atomic E-state index is 0.225. The Labute approximate surface area is 119 Å². The zero-order valence-electron chi connectivity index (χ0n) is 10.7. The van der Waals surface area contributed by atoms with Crippen molar-refractivity contribution in [1.29, 1.82) is 5.26 Å². The van der Waals surface area contributed by atoms with E-state index >= 15 is 0 Å². The molecule has 0 atom stereocenters. The first-order chi connectivity index (χ1) is 10.1. The Morgan fingerprint density at radius 3 is 2.38 bits per heavy atom. The summed E-state index contributed by atoms with van der Waals surface area (Å²) in [6.07, 6.45) is 0. The number of amides is 1. The number of nitrogens with two attached hydrogens (primary N) is 1. The summed E-state index contributed by atoms with van der Waals surface area (Å²) in [6.45, 7) is 0. The fraction of sp³-hybridized carbons (Fsp3) is 0. The van der Waals surface area contributed by atoms with Gasteiger partial charge in [0.25, 0.3) is 5.91 Å². The normalized spacial score (nSPS) is 9.81. The lowest BCUT2D eigenvalue weighted by Crippen LogP contribution is -2.16. The van der Waals surface area contributed by atoms with Crippen LogP contribution >= 0.6 is 0 Å². The quantitative estimate of drug-likeness (QED) is 0.597. The van der Waals surface area contributed by atoms with Crippen LogP contribution in [0.3, 0.4) is 0 Å². The number of nitrogens with one attached hydrogen (secondary N) is 2. The van der Waals surface area contributed by atoms with Gasteiger partial charge < -0.3 is 10.7 Å². The van der Waals surface area contributed by atoms with Crippen LogP contribution in [0.4, 0.5) is 20.2 Å². The molecule has 5 nitrogen and oxygen atoms in total. The molecule has 106 valence electrons. The molecule has 2 rings (SSSR count). The van der Waals surface area contributed by atoms with E-state index in [1.54, 1.807) is 12.1 Å². The summed E-state index contributed by atoms with van der Waals surface area (Å²) < 4.78 is 27.1. The summed E-state index contributed by atoms with van der Waals surface area (Å²) in [5.74, 6) is 2.26. The molecule has 21 heavy (non-hydrogen) atoms. The molecule has 2 aromatic carbocycles. The molecule has 0 aliphatic rings. The average Bonchev–Trinajstić information content (AvgIpc) is 2.47. The first kappa shape index (κ1) is 14.4. The van der Waals surface area contributed by atoms with Gasteiger partial charge in [0.1, 0.15) is 11.8 Å². The number of rotatable bonds is 3. The molecule has 0 aromatic heterocycles. The Balaban J connectivity index is 2.31. The third kappa shape index (κ3) is 2.96. The molecule has 0 unspecified atom stereocenters. The largest absolute Gasteiger partial charge is 0.321 e. The zero-order valence-corrected chi connectivity index (χ0v) is 10.7. The Morgan fingerprint density at radius 2 is 1.81 bits per heavy atom. The van der Waals surface area contributed by atoms with Crippen LogP contribution in [0.15, 0.2) is 36.4 Å². The van der Waals surface area contributed by atoms with Crippen molar-refractivity contribution in [2.45, 2.75) is 0 Å². The van der Waals surface area contributed by atoms with E-state index in [2.05, 4.69) is 5.32 Å². The lowest BCUT2D eigenvalue weighted by Gasteiger charge is -2.09. The van der Waals surface area contributed by atoms with E-state index in [-0.39, 0.29) is 16.8 Å². The molecule has 1 amide bonds. The molecule has 0 fully saturated rings. The van der Waals surface area contributed by atoms with Crippen LogP contribution in [0.25, 0.3) is 0 Å². The van der Waals surface area contributed by atoms with Crippen LogP contribution < -0.4 is 16.6 Å². The number of halogens is 2. The number of benzene rings is 2. The van der Waals surface area contributed by atoms with E-state index < -0.39 is 23.2 Å². The number of para-hydroxylation sites is 1. The van der Waals surface area contributed by atoms with Crippen molar-refractivity contribution in [3.8, 4) is 6.07 Å². The van der Waals surface area contributed by atoms with E-state index in [4.69, 9.17) is 11.1 Å². The van der Waals surface area contributed by atoms with Gasteiger partial charge in [-0.2, -0.15) is 5.26 Å². The van der Waals surface area contributed by atoms with Gasteiger partial charge in [-0.25, -0.2) is 8.78 Å². The summed E-state index contributed by atoms with van der Waals surface area (Å²) in [4.78, 5) is 12.0. The number of anilines is 2. The second-order valence-electron chi connectivity index (χ2n) is 4.07. The summed E-state index contributed by atoms with van der Waals surface area (Å²) >= 11 is 0. The van der Waals surface area contributed by atoms with Crippen molar-refractivity contribution in [2.75, 3.05) is 10.7 Å². The molecule has 4 N–H and O–H groups in total. The first-order valence-corrected chi connectivity index (χ1v) is 5.83. The molecule has 0 radical (unpaired) electrons. The number of hydrogen-bond acceptors (Lipinski definition) is 4. The van der Waals surface area contributed by atoms with Gasteiger partial charge in [-0.3, -0.25) is 10.6 Å². The minimum atomic E-state index is -0.990. The maximum absolute atomic E-state index is 13.5. The number of nitrogen functional groups attached to an aromatic ring is 1. The summed E-state index contributed by atoms with van der Waals surface area (Å²) in [5, 5.41) is 11.3. The van der Waals surface area contributed by atoms with Crippen LogP contribution in [0, 0.1) is 23.0 Å². The SMILES string of the molecule is N#Cc1ccccc1NC(=O)c1cc(F)c(NN)c(F)c1. The number of nitriles is 1. The van der Waals surface area contributed by atoms with Crippen LogP contribution in [-0.2, 0) is 0 Å². The topological polar surface area (TPSA) is 90.9 Å². The van der Waals surface area contributed by atoms with Crippen molar-refractivity contribution in [2.24, 2.45) is 5.84 Å². The molecule has 2 aromatic rings. The van der Waals surface area contributed by atoms with Gasteiger partial charge in [-0.1, -0.05) is 12.1 Å². The number of carbonyl (C=O) groups excluding carboxylic acids is 1. The second-order valence-corrected chi connectivity index (χ2v) is 4.07. The Kier molecular flexibility index (Phi) is 4.11. The highest BCUT2D eigenvalue weighted by Crippen LogP contribution is 2.21. The zero-order chi connectivity index (χ0) is 15.4. The van der Waals surface area contributed by atoms with Gasteiger partial charge >= 0.3 is 0 Å². The van der Waals surface area contributed by atoms with Gasteiger partial charge in [0, 0.05) is 5.56 Å². The Morgan fingerprint density at radius 1 is 1.19 bits per heavy atom. The maximum atomic E-state index is 13.5. The molecule has 0 saturated carbocycles. The standard InChI is InChI=1S/C14H10F2N4O/c15-10-5-9(6-11(16)13(10)20-18)14(21)19-12-4-2-1-3-8(12)7-17/h1-6,20H,18H2,(H,19,21). The smallest absolute Gasteiger partial charge is 0.255 e. The predicted octanol–water partition coefficient (Wildman–Crippen LogP) is 2.37. The van der Waals surface area contributed by atoms with E-state index in [9.17, 15) is 13.6 Å². The van der Waals surface area contributed by atoms with Gasteiger partial charge in [0.15, 0.2) is 11.6 Å². The van der Waals surface area contributed by atoms with Crippen molar-refractivity contribution in [3.05, 3.63) is 59.2 Å². The summed E-state index contributed by atoms with van der Waals surface area (Å²) in [5.41, 5.74) is 1.62. The van der Waals surface area contributed by atoms with Gasteiger partial charge in [0.05, 0.1) is 11.3 Å². The van der Waals surface area contributed by atoms with Crippen molar-refractivity contribution < 1.29 is 13.6 Å². The lowest BCUT2D eigenvalue weighted by atomic mass is 10.1. The van der Waals surface area contributed by atoms with Crippen molar-refractivity contribution in [1.82, 2.24) is 0 Å². The highest BCUT2D eigenvalue weighted by molar-refractivity contribution is 6.05. The molecule has 0 heterocycles. The van der Waals surface area contributed by atoms with Crippen LogP contribution in [-0.4, -0.2) is 5.91 Å². The fourth-order valence-corrected chi connectivity index (χ4v) is 1.73. The molecule has 0 saturated heterocycles. The predicted molar refractivity (Wildman–Crippen MR) is 73.3 cm³/mol. The maximum Gasteiger partial charge on any atom is 0.255 e. The number of nitrogens with zero attached hydrogens (tertiary/aromatic N) is 1. The third-order valence-corrected chi connectivity index (χ3v) is 2.74. The highest BCUT2D eigenvalue weighted by Gasteiger charge is 2.15. The van der Waals surface area contributed by atoms with Crippen LogP contribution in [0.1, 0.15) is 15.9 Å².